The summed E-state index contributed by atoms with van der Waals surface area (Å²) in [6.07, 6.45) is 3.81. The average molecular weight is 406 g/mol. The van der Waals surface area contributed by atoms with Gasteiger partial charge in [-0.2, -0.15) is 5.10 Å². The van der Waals surface area contributed by atoms with Crippen LogP contribution in [0.4, 0.5) is 4.79 Å². The molecule has 0 aliphatic carbocycles. The Morgan fingerprint density at radius 3 is 2.75 bits per heavy atom. The number of nitrogens with zero attached hydrogens (tertiary/aromatic N) is 4. The Morgan fingerprint density at radius 2 is 2.11 bits per heavy atom. The van der Waals surface area contributed by atoms with Gasteiger partial charge in [0.05, 0.1) is 24.9 Å². The molecular weight excluding hydrogens is 374 g/mol. The SMILES string of the molecule is CN1C(=O)N2CC(n3ccc(C(=O)NCCO[Si](C)(C)C(C)(C)C)n3)=CC1C2. The molecule has 1 aromatic heterocycles. The summed E-state index contributed by atoms with van der Waals surface area (Å²) in [5.74, 6) is -0.217. The van der Waals surface area contributed by atoms with Crippen molar-refractivity contribution < 1.29 is 14.0 Å². The fourth-order valence-electron chi connectivity index (χ4n) is 3.09. The standard InChI is InChI=1S/C19H31N5O3Si/c1-19(2,3)28(5,6)27-10-8-20-17(25)16-7-9-24(21-16)15-11-14-12-23(13-15)18(26)22(14)4/h7,9,11,14H,8,10,12-13H2,1-6H3,(H,20,25). The number of urea groups is 1. The highest BCUT2D eigenvalue weighted by molar-refractivity contribution is 6.74. The van der Waals surface area contributed by atoms with Crippen molar-refractivity contribution in [2.75, 3.05) is 33.3 Å². The lowest BCUT2D eigenvalue weighted by molar-refractivity contribution is 0.0940. The predicted molar refractivity (Wildman–Crippen MR) is 111 cm³/mol. The molecule has 3 heterocycles. The van der Waals surface area contributed by atoms with E-state index in [2.05, 4.69) is 44.3 Å². The molecule has 9 heteroatoms. The van der Waals surface area contributed by atoms with Crippen molar-refractivity contribution in [2.24, 2.45) is 0 Å². The molecule has 0 spiro atoms. The zero-order chi connectivity index (χ0) is 20.7. The summed E-state index contributed by atoms with van der Waals surface area (Å²) in [6.45, 7) is 13.1. The van der Waals surface area contributed by atoms with Gasteiger partial charge in [-0.3, -0.25) is 4.79 Å². The molecule has 154 valence electrons. The van der Waals surface area contributed by atoms with Gasteiger partial charge in [-0.1, -0.05) is 20.8 Å². The summed E-state index contributed by atoms with van der Waals surface area (Å²) >= 11 is 0. The zero-order valence-corrected chi connectivity index (χ0v) is 18.7. The first-order valence-electron chi connectivity index (χ1n) is 9.70. The maximum atomic E-state index is 12.4. The number of amides is 3. The molecule has 1 saturated heterocycles. The monoisotopic (exact) mass is 405 g/mol. The largest absolute Gasteiger partial charge is 0.415 e. The van der Waals surface area contributed by atoms with Crippen molar-refractivity contribution in [3.8, 4) is 0 Å². The van der Waals surface area contributed by atoms with E-state index in [-0.39, 0.29) is 23.0 Å². The van der Waals surface area contributed by atoms with Crippen LogP contribution >= 0.6 is 0 Å². The Bertz CT molecular complexity index is 796. The smallest absolute Gasteiger partial charge is 0.320 e. The van der Waals surface area contributed by atoms with Gasteiger partial charge in [0.25, 0.3) is 5.91 Å². The van der Waals surface area contributed by atoms with Crippen LogP contribution < -0.4 is 5.32 Å². The summed E-state index contributed by atoms with van der Waals surface area (Å²) in [5, 5.41) is 7.42. The zero-order valence-electron chi connectivity index (χ0n) is 17.7. The van der Waals surface area contributed by atoms with Gasteiger partial charge in [0.2, 0.25) is 0 Å². The number of aromatic nitrogens is 2. The molecule has 2 bridgehead atoms. The van der Waals surface area contributed by atoms with Gasteiger partial charge >= 0.3 is 6.03 Å². The average Bonchev–Trinajstić information content (AvgIpc) is 3.18. The van der Waals surface area contributed by atoms with Gasteiger partial charge in [0, 0.05) is 26.3 Å². The highest BCUT2D eigenvalue weighted by atomic mass is 28.4. The van der Waals surface area contributed by atoms with Crippen LogP contribution in [0.2, 0.25) is 18.1 Å². The molecule has 2 aliphatic heterocycles. The van der Waals surface area contributed by atoms with Crippen molar-refractivity contribution in [1.29, 1.82) is 0 Å². The highest BCUT2D eigenvalue weighted by Gasteiger charge is 2.38. The molecule has 1 fully saturated rings. The third-order valence-electron chi connectivity index (χ3n) is 5.99. The first-order valence-corrected chi connectivity index (χ1v) is 12.6. The Hall–Kier alpha value is -2.13. The van der Waals surface area contributed by atoms with Crippen LogP contribution in [0.15, 0.2) is 18.3 Å². The van der Waals surface area contributed by atoms with Crippen molar-refractivity contribution in [3.05, 3.63) is 24.0 Å². The minimum absolute atomic E-state index is 0.0307. The maximum Gasteiger partial charge on any atom is 0.320 e. The Labute approximate surface area is 167 Å². The highest BCUT2D eigenvalue weighted by Crippen LogP contribution is 2.36. The normalized spacial score (nSPS) is 19.9. The number of fused-ring (bicyclic) bond motifs is 2. The first kappa shape index (κ1) is 20.6. The van der Waals surface area contributed by atoms with Crippen LogP contribution in [0, 0.1) is 0 Å². The number of hydrogen-bond acceptors (Lipinski definition) is 4. The van der Waals surface area contributed by atoms with E-state index < -0.39 is 8.32 Å². The number of nitrogens with one attached hydrogen (secondary N) is 1. The summed E-state index contributed by atoms with van der Waals surface area (Å²) in [6, 6.07) is 1.79. The van der Waals surface area contributed by atoms with Gasteiger partial charge in [-0.15, -0.1) is 0 Å². The van der Waals surface area contributed by atoms with E-state index in [1.54, 1.807) is 33.8 Å². The molecule has 3 amide bonds. The maximum absolute atomic E-state index is 12.4. The Kier molecular flexibility index (Phi) is 5.41. The summed E-state index contributed by atoms with van der Waals surface area (Å²) in [4.78, 5) is 28.0. The van der Waals surface area contributed by atoms with Crippen molar-refractivity contribution in [2.45, 2.75) is 44.9 Å². The molecule has 0 aromatic carbocycles. The van der Waals surface area contributed by atoms with E-state index in [1.165, 1.54) is 0 Å². The number of hydrogen-bond donors (Lipinski definition) is 1. The fraction of sp³-hybridized carbons (Fsp3) is 0.632. The van der Waals surface area contributed by atoms with Crippen LogP contribution in [0.25, 0.3) is 5.70 Å². The number of carbonyl (C=O) groups excluding carboxylic acids is 2. The third-order valence-corrected chi connectivity index (χ3v) is 10.5. The molecule has 1 aromatic rings. The van der Waals surface area contributed by atoms with Crippen LogP contribution in [0.3, 0.4) is 0 Å². The lowest BCUT2D eigenvalue weighted by Crippen LogP contribution is -2.42. The second-order valence-corrected chi connectivity index (χ2v) is 13.8. The fourth-order valence-corrected chi connectivity index (χ4v) is 4.14. The third kappa shape index (κ3) is 4.00. The summed E-state index contributed by atoms with van der Waals surface area (Å²) < 4.78 is 7.77. The molecule has 1 unspecified atom stereocenters. The first-order chi connectivity index (χ1) is 13.0. The van der Waals surface area contributed by atoms with Crippen molar-refractivity contribution in [3.63, 3.8) is 0 Å². The lowest BCUT2D eigenvalue weighted by Gasteiger charge is -2.36. The van der Waals surface area contributed by atoms with E-state index >= 15 is 0 Å². The van der Waals surface area contributed by atoms with Crippen LogP contribution in [0.5, 0.6) is 0 Å². The van der Waals surface area contributed by atoms with Gasteiger partial charge in [0.1, 0.15) is 0 Å². The topological polar surface area (TPSA) is 79.7 Å². The Morgan fingerprint density at radius 1 is 1.39 bits per heavy atom. The van der Waals surface area contributed by atoms with Gasteiger partial charge in [-0.05, 0) is 30.3 Å². The number of likely N-dealkylation sites (N-methyl/N-ethyl adjacent to an activating group) is 1. The van der Waals surface area contributed by atoms with Crippen molar-refractivity contribution >= 4 is 26.0 Å². The second kappa shape index (κ2) is 7.36. The number of carbonyl (C=O) groups is 2. The molecule has 0 saturated carbocycles. The van der Waals surface area contributed by atoms with E-state index in [0.717, 1.165) is 5.70 Å². The Balaban J connectivity index is 1.54. The van der Waals surface area contributed by atoms with E-state index in [4.69, 9.17) is 4.43 Å². The second-order valence-electron chi connectivity index (χ2n) is 9.01. The quantitative estimate of drug-likeness (QED) is 0.581. The number of rotatable bonds is 6. The molecule has 1 atom stereocenters. The molecule has 2 aliphatic rings. The summed E-state index contributed by atoms with van der Waals surface area (Å²) in [7, 11) is -0.00198. The molecule has 8 nitrogen and oxygen atoms in total. The molecule has 28 heavy (non-hydrogen) atoms. The van der Waals surface area contributed by atoms with Gasteiger partial charge < -0.3 is 19.5 Å². The van der Waals surface area contributed by atoms with Crippen LogP contribution in [0.1, 0.15) is 31.3 Å². The van der Waals surface area contributed by atoms with E-state index in [1.807, 2.05) is 6.08 Å². The van der Waals surface area contributed by atoms with Crippen molar-refractivity contribution in [1.82, 2.24) is 24.9 Å². The van der Waals surface area contributed by atoms with E-state index in [0.29, 0.717) is 31.9 Å². The van der Waals surface area contributed by atoms with Crippen LogP contribution in [-0.2, 0) is 4.43 Å². The molecule has 3 rings (SSSR count). The molecule has 1 N–H and O–H groups in total. The molecular formula is C19H31N5O3Si. The minimum atomic E-state index is -1.81. The summed E-state index contributed by atoms with van der Waals surface area (Å²) in [5.41, 5.74) is 1.27. The van der Waals surface area contributed by atoms with Gasteiger partial charge in [0.15, 0.2) is 14.0 Å². The molecule has 0 radical (unpaired) electrons. The van der Waals surface area contributed by atoms with Gasteiger partial charge in [-0.25, -0.2) is 9.48 Å². The predicted octanol–water partition coefficient (Wildman–Crippen LogP) is 2.23. The lowest BCUT2D eigenvalue weighted by atomic mass is 10.2. The minimum Gasteiger partial charge on any atom is -0.415 e. The van der Waals surface area contributed by atoms with E-state index in [9.17, 15) is 9.59 Å². The van der Waals surface area contributed by atoms with Crippen LogP contribution in [-0.4, -0.2) is 79.2 Å².